The highest BCUT2D eigenvalue weighted by molar-refractivity contribution is 7.99. The van der Waals surface area contributed by atoms with Crippen LogP contribution in [0.25, 0.3) is 0 Å². The van der Waals surface area contributed by atoms with Gasteiger partial charge in [-0.2, -0.15) is 4.31 Å². The van der Waals surface area contributed by atoms with E-state index in [0.29, 0.717) is 23.8 Å². The molecule has 1 N–H and O–H groups in total. The van der Waals surface area contributed by atoms with Crippen LogP contribution in [0.2, 0.25) is 5.02 Å². The molecule has 0 bridgehead atoms. The molecule has 150 valence electrons. The molecule has 0 spiro atoms. The topological polar surface area (TPSA) is 71.4 Å². The second kappa shape index (κ2) is 7.74. The molecule has 2 aromatic rings. The van der Waals surface area contributed by atoms with Gasteiger partial charge in [-0.1, -0.05) is 11.6 Å². The van der Waals surface area contributed by atoms with Crippen LogP contribution in [0.4, 0.5) is 0 Å². The van der Waals surface area contributed by atoms with Crippen molar-refractivity contribution in [2.75, 3.05) is 18.8 Å². The largest absolute Gasteiger partial charge is 0.345 e. The van der Waals surface area contributed by atoms with Gasteiger partial charge in [-0.15, -0.1) is 11.8 Å². The highest BCUT2D eigenvalue weighted by Crippen LogP contribution is 2.37. The van der Waals surface area contributed by atoms with Crippen LogP contribution in [-0.2, 0) is 17.1 Å². The number of carbonyl (C=O) groups excluding carboxylic acids is 1. The number of thioether (sulfide) groups is 1. The summed E-state index contributed by atoms with van der Waals surface area (Å²) in [5.41, 5.74) is 1.34. The predicted molar refractivity (Wildman–Crippen MR) is 110 cm³/mol. The van der Waals surface area contributed by atoms with Gasteiger partial charge in [-0.3, -0.25) is 4.79 Å². The monoisotopic (exact) mass is 439 g/mol. The molecule has 1 saturated heterocycles. The average molecular weight is 440 g/mol. The van der Waals surface area contributed by atoms with Crippen LogP contribution >= 0.6 is 23.4 Å². The van der Waals surface area contributed by atoms with Crippen molar-refractivity contribution >= 4 is 39.3 Å². The number of sulfonamides is 1. The number of hydrogen-bond donors (Lipinski definition) is 1. The molecule has 0 unspecified atom stereocenters. The van der Waals surface area contributed by atoms with Crippen molar-refractivity contribution in [1.82, 2.24) is 14.2 Å². The molecule has 1 aromatic carbocycles. The molecular weight excluding hydrogens is 418 g/mol. The van der Waals surface area contributed by atoms with Crippen LogP contribution in [0.1, 0.15) is 41.4 Å². The number of carbonyl (C=O) groups is 1. The lowest BCUT2D eigenvalue weighted by molar-refractivity contribution is 0.0926. The van der Waals surface area contributed by atoms with Gasteiger partial charge in [0.25, 0.3) is 5.91 Å². The summed E-state index contributed by atoms with van der Waals surface area (Å²) < 4.78 is 28.6. The fraction of sp³-hybridized carbons (Fsp3) is 0.421. The molecule has 2 aliphatic heterocycles. The standard InChI is InChI=1S/C19H22ClN3O3S2/c1-22-12-14(28(25,26)23-7-2-3-8-23)11-17(22)19(24)21-16-6-9-27-18-5-4-13(20)10-15(16)18/h4-5,10-12,16H,2-3,6-9H2,1H3,(H,21,24)/t16-/m0/s1. The molecule has 6 nitrogen and oxygen atoms in total. The lowest BCUT2D eigenvalue weighted by Gasteiger charge is -2.26. The molecule has 2 aliphatic rings. The third kappa shape index (κ3) is 3.70. The highest BCUT2D eigenvalue weighted by Gasteiger charge is 2.30. The Bertz CT molecular complexity index is 1010. The van der Waals surface area contributed by atoms with Crippen molar-refractivity contribution in [1.29, 1.82) is 0 Å². The predicted octanol–water partition coefficient (Wildman–Crippen LogP) is 3.43. The van der Waals surface area contributed by atoms with Crippen molar-refractivity contribution in [3.8, 4) is 0 Å². The number of hydrogen-bond acceptors (Lipinski definition) is 4. The quantitative estimate of drug-likeness (QED) is 0.792. The van der Waals surface area contributed by atoms with Crippen LogP contribution in [0.5, 0.6) is 0 Å². The summed E-state index contributed by atoms with van der Waals surface area (Å²) in [6.07, 6.45) is 4.07. The number of nitrogens with zero attached hydrogens (tertiary/aromatic N) is 2. The molecule has 0 aliphatic carbocycles. The minimum Gasteiger partial charge on any atom is -0.345 e. The van der Waals surface area contributed by atoms with Crippen molar-refractivity contribution in [2.45, 2.75) is 35.1 Å². The number of amides is 1. The van der Waals surface area contributed by atoms with Gasteiger partial charge in [0.05, 0.1) is 6.04 Å². The van der Waals surface area contributed by atoms with Crippen molar-refractivity contribution in [3.05, 3.63) is 46.7 Å². The van der Waals surface area contributed by atoms with E-state index < -0.39 is 10.0 Å². The van der Waals surface area contributed by atoms with Gasteiger partial charge in [0, 0.05) is 42.0 Å². The molecule has 0 radical (unpaired) electrons. The maximum absolute atomic E-state index is 12.9. The highest BCUT2D eigenvalue weighted by atomic mass is 35.5. The normalized spacial score (nSPS) is 20.1. The van der Waals surface area contributed by atoms with E-state index in [1.54, 1.807) is 23.4 Å². The summed E-state index contributed by atoms with van der Waals surface area (Å²) in [6.45, 7) is 1.08. The number of halogens is 1. The molecule has 1 amide bonds. The first-order valence-electron chi connectivity index (χ1n) is 9.26. The van der Waals surface area contributed by atoms with Crippen LogP contribution in [0, 0.1) is 0 Å². The van der Waals surface area contributed by atoms with Crippen molar-refractivity contribution in [2.24, 2.45) is 7.05 Å². The molecule has 9 heteroatoms. The first-order chi connectivity index (χ1) is 13.4. The van der Waals surface area contributed by atoms with E-state index in [0.717, 1.165) is 35.5 Å². The Kier molecular flexibility index (Phi) is 5.48. The van der Waals surface area contributed by atoms with Crippen molar-refractivity contribution in [3.63, 3.8) is 0 Å². The second-order valence-electron chi connectivity index (χ2n) is 7.13. The number of benzene rings is 1. The molecule has 1 atom stereocenters. The molecular formula is C19H22ClN3O3S2. The molecule has 4 rings (SSSR count). The Morgan fingerprint density at radius 1 is 1.25 bits per heavy atom. The van der Waals surface area contributed by atoms with E-state index in [1.165, 1.54) is 16.6 Å². The molecule has 0 saturated carbocycles. The van der Waals surface area contributed by atoms with Gasteiger partial charge in [0.2, 0.25) is 10.0 Å². The third-order valence-electron chi connectivity index (χ3n) is 5.23. The smallest absolute Gasteiger partial charge is 0.268 e. The minimum absolute atomic E-state index is 0.143. The third-order valence-corrected chi connectivity index (χ3v) is 8.45. The van der Waals surface area contributed by atoms with Crippen LogP contribution < -0.4 is 5.32 Å². The number of aromatic nitrogens is 1. The summed E-state index contributed by atoms with van der Waals surface area (Å²) in [5.74, 6) is 0.620. The van der Waals surface area contributed by atoms with Gasteiger partial charge in [0.15, 0.2) is 0 Å². The Labute approximate surface area is 174 Å². The van der Waals surface area contributed by atoms with E-state index in [4.69, 9.17) is 11.6 Å². The lowest BCUT2D eigenvalue weighted by Crippen LogP contribution is -2.31. The van der Waals surface area contributed by atoms with E-state index in [9.17, 15) is 13.2 Å². The molecule has 1 fully saturated rings. The van der Waals surface area contributed by atoms with Crippen molar-refractivity contribution < 1.29 is 13.2 Å². The minimum atomic E-state index is -3.55. The number of aryl methyl sites for hydroxylation is 1. The Morgan fingerprint density at radius 2 is 2.00 bits per heavy atom. The van der Waals surface area contributed by atoms with Crippen LogP contribution in [-0.4, -0.2) is 42.0 Å². The maximum Gasteiger partial charge on any atom is 0.268 e. The van der Waals surface area contributed by atoms with Crippen LogP contribution in [0.15, 0.2) is 40.3 Å². The zero-order valence-corrected chi connectivity index (χ0v) is 17.9. The van der Waals surface area contributed by atoms with Gasteiger partial charge in [-0.25, -0.2) is 8.42 Å². The Morgan fingerprint density at radius 3 is 2.75 bits per heavy atom. The zero-order chi connectivity index (χ0) is 19.9. The lowest BCUT2D eigenvalue weighted by atomic mass is 10.0. The first kappa shape index (κ1) is 19.8. The fourth-order valence-electron chi connectivity index (χ4n) is 3.73. The Balaban J connectivity index is 1.57. The maximum atomic E-state index is 12.9. The molecule has 1 aromatic heterocycles. The fourth-order valence-corrected chi connectivity index (χ4v) is 6.60. The van der Waals surface area contributed by atoms with E-state index in [2.05, 4.69) is 5.32 Å². The van der Waals surface area contributed by atoms with Gasteiger partial charge in [-0.05, 0) is 49.1 Å². The van der Waals surface area contributed by atoms with Gasteiger partial charge in [0.1, 0.15) is 10.6 Å². The second-order valence-corrected chi connectivity index (χ2v) is 10.6. The summed E-state index contributed by atoms with van der Waals surface area (Å²) in [7, 11) is -1.86. The zero-order valence-electron chi connectivity index (χ0n) is 15.5. The molecule has 28 heavy (non-hydrogen) atoms. The number of nitrogens with one attached hydrogen (secondary N) is 1. The number of rotatable bonds is 4. The van der Waals surface area contributed by atoms with E-state index in [-0.39, 0.29) is 16.8 Å². The first-order valence-corrected chi connectivity index (χ1v) is 12.1. The van der Waals surface area contributed by atoms with E-state index >= 15 is 0 Å². The summed E-state index contributed by atoms with van der Waals surface area (Å²) in [6, 6.07) is 7.05. The Hall–Kier alpha value is -1.48. The summed E-state index contributed by atoms with van der Waals surface area (Å²) in [4.78, 5) is 14.2. The SMILES string of the molecule is Cn1cc(S(=O)(=O)N2CCCC2)cc1C(=O)N[C@H]1CCSc2ccc(Cl)cc21. The molecule has 3 heterocycles. The van der Waals surface area contributed by atoms with Gasteiger partial charge >= 0.3 is 0 Å². The number of fused-ring (bicyclic) bond motifs is 1. The van der Waals surface area contributed by atoms with Gasteiger partial charge < -0.3 is 9.88 Å². The van der Waals surface area contributed by atoms with E-state index in [1.807, 2.05) is 18.2 Å². The summed E-state index contributed by atoms with van der Waals surface area (Å²) >= 11 is 7.89. The average Bonchev–Trinajstić information content (AvgIpc) is 3.32. The summed E-state index contributed by atoms with van der Waals surface area (Å²) in [5, 5.41) is 3.69. The van der Waals surface area contributed by atoms with Crippen LogP contribution in [0.3, 0.4) is 0 Å².